The molecule has 0 aromatic carbocycles. The molecule has 3 atom stereocenters. The summed E-state index contributed by atoms with van der Waals surface area (Å²) in [6, 6.07) is -0.131. The van der Waals surface area contributed by atoms with Crippen molar-refractivity contribution in [1.82, 2.24) is 0 Å². The molecule has 1 aliphatic heterocycles. The molecule has 0 N–H and O–H groups in total. The van der Waals surface area contributed by atoms with Crippen LogP contribution in [0.5, 0.6) is 0 Å². The van der Waals surface area contributed by atoms with Crippen LogP contribution in [0.4, 0.5) is 0 Å². The molecule has 0 unspecified atom stereocenters. The zero-order valence-electron chi connectivity index (χ0n) is 6.41. The highest BCUT2D eigenvalue weighted by Gasteiger charge is 2.29. The summed E-state index contributed by atoms with van der Waals surface area (Å²) in [5.74, 6) is 0.390. The van der Waals surface area contributed by atoms with Gasteiger partial charge in [-0.2, -0.15) is 4.91 Å². The summed E-state index contributed by atoms with van der Waals surface area (Å²) in [4.78, 5) is 10.3. The van der Waals surface area contributed by atoms with Gasteiger partial charge in [0.1, 0.15) is 6.04 Å². The van der Waals surface area contributed by atoms with Crippen LogP contribution in [0.25, 0.3) is 0 Å². The number of rotatable bonds is 1. The fourth-order valence-electron chi connectivity index (χ4n) is 1.36. The van der Waals surface area contributed by atoms with Crippen molar-refractivity contribution in [3.63, 3.8) is 0 Å². The number of nitrogens with zero attached hydrogens (tertiary/aromatic N) is 1. The van der Waals surface area contributed by atoms with Crippen LogP contribution in [0, 0.1) is 10.8 Å². The highest BCUT2D eigenvalue weighted by molar-refractivity contribution is 4.81. The molecule has 0 amide bonds. The van der Waals surface area contributed by atoms with Gasteiger partial charge in [-0.15, -0.1) is 0 Å². The molecule has 0 radical (unpaired) electrons. The van der Waals surface area contributed by atoms with Crippen molar-refractivity contribution in [2.45, 2.75) is 32.4 Å². The zero-order chi connectivity index (χ0) is 7.56. The minimum atomic E-state index is -0.131. The van der Waals surface area contributed by atoms with Gasteiger partial charge in [0, 0.05) is 6.61 Å². The van der Waals surface area contributed by atoms with Gasteiger partial charge in [-0.3, -0.25) is 0 Å². The van der Waals surface area contributed by atoms with Gasteiger partial charge < -0.3 is 4.74 Å². The average Bonchev–Trinajstić information content (AvgIpc) is 1.88. The van der Waals surface area contributed by atoms with Crippen molar-refractivity contribution in [3.8, 4) is 0 Å². The normalized spacial score (nSPS) is 41.2. The number of hydrogen-bond acceptors (Lipinski definition) is 3. The molecule has 10 heavy (non-hydrogen) atoms. The molecule has 0 bridgehead atoms. The number of ether oxygens (including phenoxy) is 1. The Labute approximate surface area is 60.7 Å². The standard InChI is InChI=1S/C7H13NO2/c1-5-3-4-10-6(2)7(5)8-9/h5-7H,3-4H2,1-2H3/t5-,6-,7+/m0/s1. The molecule has 0 aliphatic carbocycles. The maximum Gasteiger partial charge on any atom is 0.120 e. The molecule has 0 saturated carbocycles. The quantitative estimate of drug-likeness (QED) is 0.522. The highest BCUT2D eigenvalue weighted by Crippen LogP contribution is 2.22. The predicted octanol–water partition coefficient (Wildman–Crippen LogP) is 1.57. The largest absolute Gasteiger partial charge is 0.376 e. The first kappa shape index (κ1) is 7.66. The van der Waals surface area contributed by atoms with Crippen LogP contribution in [0.15, 0.2) is 5.18 Å². The van der Waals surface area contributed by atoms with Crippen molar-refractivity contribution in [2.24, 2.45) is 11.1 Å². The third-order valence-electron chi connectivity index (χ3n) is 2.14. The lowest BCUT2D eigenvalue weighted by atomic mass is 9.93. The van der Waals surface area contributed by atoms with Crippen molar-refractivity contribution in [3.05, 3.63) is 4.91 Å². The van der Waals surface area contributed by atoms with Crippen LogP contribution in [0.2, 0.25) is 0 Å². The van der Waals surface area contributed by atoms with Gasteiger partial charge >= 0.3 is 0 Å². The first-order valence-electron chi connectivity index (χ1n) is 3.69. The van der Waals surface area contributed by atoms with Gasteiger partial charge in [-0.25, -0.2) is 0 Å². The van der Waals surface area contributed by atoms with Crippen molar-refractivity contribution in [1.29, 1.82) is 0 Å². The molecule has 0 aromatic heterocycles. The summed E-state index contributed by atoms with van der Waals surface area (Å²) in [7, 11) is 0. The summed E-state index contributed by atoms with van der Waals surface area (Å²) in [6.07, 6.45) is 0.974. The Morgan fingerprint density at radius 2 is 2.20 bits per heavy atom. The molecule has 0 spiro atoms. The number of nitroso groups, excluding NO2 is 1. The second kappa shape index (κ2) is 3.10. The van der Waals surface area contributed by atoms with E-state index in [-0.39, 0.29) is 12.1 Å². The maximum atomic E-state index is 10.3. The van der Waals surface area contributed by atoms with Crippen LogP contribution < -0.4 is 0 Å². The monoisotopic (exact) mass is 143 g/mol. The average molecular weight is 143 g/mol. The zero-order valence-corrected chi connectivity index (χ0v) is 6.41. The Morgan fingerprint density at radius 3 is 2.60 bits per heavy atom. The van der Waals surface area contributed by atoms with Crippen LogP contribution in [-0.2, 0) is 4.74 Å². The molecule has 1 heterocycles. The molecule has 1 fully saturated rings. The molecule has 0 aromatic rings. The van der Waals surface area contributed by atoms with Crippen LogP contribution in [-0.4, -0.2) is 18.8 Å². The molecular formula is C7H13NO2. The highest BCUT2D eigenvalue weighted by atomic mass is 16.5. The topological polar surface area (TPSA) is 38.7 Å². The Morgan fingerprint density at radius 1 is 1.50 bits per heavy atom. The SMILES string of the molecule is C[C@@H]1OCC[C@H](C)[C@H]1N=O. The minimum absolute atomic E-state index is 0.0150. The van der Waals surface area contributed by atoms with E-state index >= 15 is 0 Å². The lowest BCUT2D eigenvalue weighted by Crippen LogP contribution is -2.36. The van der Waals surface area contributed by atoms with Crippen LogP contribution >= 0.6 is 0 Å². The molecule has 1 saturated heterocycles. The smallest absolute Gasteiger partial charge is 0.120 e. The van der Waals surface area contributed by atoms with Gasteiger partial charge in [0.2, 0.25) is 0 Å². The minimum Gasteiger partial charge on any atom is -0.376 e. The van der Waals surface area contributed by atoms with Gasteiger partial charge in [0.25, 0.3) is 0 Å². The lowest BCUT2D eigenvalue weighted by Gasteiger charge is -2.29. The third-order valence-corrected chi connectivity index (χ3v) is 2.14. The van der Waals surface area contributed by atoms with E-state index < -0.39 is 0 Å². The van der Waals surface area contributed by atoms with Gasteiger partial charge in [-0.05, 0) is 19.3 Å². The Hall–Kier alpha value is -0.440. The second-order valence-electron chi connectivity index (χ2n) is 2.94. The van der Waals surface area contributed by atoms with E-state index in [2.05, 4.69) is 5.18 Å². The van der Waals surface area contributed by atoms with E-state index in [0.717, 1.165) is 13.0 Å². The first-order valence-corrected chi connectivity index (χ1v) is 3.69. The second-order valence-corrected chi connectivity index (χ2v) is 2.94. The summed E-state index contributed by atoms with van der Waals surface area (Å²) in [6.45, 7) is 4.72. The fraction of sp³-hybridized carbons (Fsp3) is 1.00. The summed E-state index contributed by atoms with van der Waals surface area (Å²) >= 11 is 0. The third kappa shape index (κ3) is 1.34. The summed E-state index contributed by atoms with van der Waals surface area (Å²) < 4.78 is 5.26. The Kier molecular flexibility index (Phi) is 2.38. The van der Waals surface area contributed by atoms with E-state index in [4.69, 9.17) is 4.74 Å². The molecule has 3 heteroatoms. The number of hydrogen-bond donors (Lipinski definition) is 0. The van der Waals surface area contributed by atoms with Gasteiger partial charge in [0.15, 0.2) is 0 Å². The predicted molar refractivity (Wildman–Crippen MR) is 38.8 cm³/mol. The Balaban J connectivity index is 2.53. The van der Waals surface area contributed by atoms with Crippen LogP contribution in [0.3, 0.4) is 0 Å². The van der Waals surface area contributed by atoms with Crippen molar-refractivity contribution in [2.75, 3.05) is 6.61 Å². The first-order chi connectivity index (χ1) is 4.75. The summed E-state index contributed by atoms with van der Waals surface area (Å²) in [5, 5.41) is 3.03. The lowest BCUT2D eigenvalue weighted by molar-refractivity contribution is -0.00938. The van der Waals surface area contributed by atoms with E-state index in [1.165, 1.54) is 0 Å². The molecule has 58 valence electrons. The van der Waals surface area contributed by atoms with Gasteiger partial charge in [0.05, 0.1) is 6.10 Å². The summed E-state index contributed by atoms with van der Waals surface area (Å²) in [5.41, 5.74) is 0. The molecule has 3 nitrogen and oxygen atoms in total. The molecular weight excluding hydrogens is 130 g/mol. The molecule has 1 rings (SSSR count). The van der Waals surface area contributed by atoms with Gasteiger partial charge in [-0.1, -0.05) is 12.1 Å². The maximum absolute atomic E-state index is 10.3. The van der Waals surface area contributed by atoms with E-state index in [9.17, 15) is 4.91 Å². The Bertz CT molecular complexity index is 117. The van der Waals surface area contributed by atoms with E-state index in [1.807, 2.05) is 13.8 Å². The van der Waals surface area contributed by atoms with Crippen molar-refractivity contribution >= 4 is 0 Å². The van der Waals surface area contributed by atoms with E-state index in [0.29, 0.717) is 5.92 Å². The van der Waals surface area contributed by atoms with E-state index in [1.54, 1.807) is 0 Å². The van der Waals surface area contributed by atoms with Crippen LogP contribution in [0.1, 0.15) is 20.3 Å². The molecule has 1 aliphatic rings. The fourth-order valence-corrected chi connectivity index (χ4v) is 1.36. The van der Waals surface area contributed by atoms with Crippen molar-refractivity contribution < 1.29 is 4.74 Å².